The summed E-state index contributed by atoms with van der Waals surface area (Å²) < 4.78 is 5.51. The number of nitrogens with two attached hydrogens (primary N) is 1. The Balaban J connectivity index is 2.35. The third-order valence-corrected chi connectivity index (χ3v) is 2.34. The summed E-state index contributed by atoms with van der Waals surface area (Å²) in [4.78, 5) is 8.66. The van der Waals surface area contributed by atoms with Crippen LogP contribution in [0.4, 0.5) is 5.82 Å². The molecular formula is C13H16N4O. The van der Waals surface area contributed by atoms with Crippen molar-refractivity contribution < 1.29 is 4.74 Å². The van der Waals surface area contributed by atoms with E-state index >= 15 is 0 Å². The first-order chi connectivity index (χ1) is 8.83. The molecule has 2 aromatic rings. The zero-order chi connectivity index (χ0) is 12.8. The molecule has 94 valence electrons. The molecule has 1 heterocycles. The minimum absolute atomic E-state index is 0.527. The molecule has 0 aliphatic carbocycles. The van der Waals surface area contributed by atoms with Gasteiger partial charge in [0.1, 0.15) is 5.82 Å². The highest BCUT2D eigenvalue weighted by Gasteiger charge is 2.06. The van der Waals surface area contributed by atoms with Crippen LogP contribution < -0.4 is 16.0 Å². The van der Waals surface area contributed by atoms with Gasteiger partial charge in [-0.2, -0.15) is 4.98 Å². The smallest absolute Gasteiger partial charge is 0.219 e. The van der Waals surface area contributed by atoms with Gasteiger partial charge < -0.3 is 10.2 Å². The van der Waals surface area contributed by atoms with Crippen LogP contribution in [-0.2, 0) is 0 Å². The SMILES string of the molecule is CCCOc1cc(NN)nc(-c2ccccc2)n1. The van der Waals surface area contributed by atoms with Crippen LogP contribution >= 0.6 is 0 Å². The lowest BCUT2D eigenvalue weighted by atomic mass is 10.2. The Morgan fingerprint density at radius 1 is 1.22 bits per heavy atom. The average molecular weight is 244 g/mol. The summed E-state index contributed by atoms with van der Waals surface area (Å²) >= 11 is 0. The second-order valence-electron chi connectivity index (χ2n) is 3.77. The summed E-state index contributed by atoms with van der Waals surface area (Å²) in [7, 11) is 0. The molecule has 0 saturated heterocycles. The number of aromatic nitrogens is 2. The number of benzene rings is 1. The van der Waals surface area contributed by atoms with E-state index in [0.29, 0.717) is 24.1 Å². The second-order valence-corrected chi connectivity index (χ2v) is 3.77. The fourth-order valence-corrected chi connectivity index (χ4v) is 1.50. The zero-order valence-electron chi connectivity index (χ0n) is 10.3. The van der Waals surface area contributed by atoms with Gasteiger partial charge in [-0.25, -0.2) is 10.8 Å². The first-order valence-electron chi connectivity index (χ1n) is 5.87. The maximum absolute atomic E-state index is 5.51. The van der Waals surface area contributed by atoms with E-state index in [4.69, 9.17) is 10.6 Å². The molecule has 5 heteroatoms. The third kappa shape index (κ3) is 2.95. The van der Waals surface area contributed by atoms with Gasteiger partial charge in [0, 0.05) is 11.6 Å². The standard InChI is InChI=1S/C13H16N4O/c1-2-8-18-12-9-11(17-14)15-13(16-12)10-6-4-3-5-7-10/h3-7,9H,2,8,14H2,1H3,(H,15,16,17). The first kappa shape index (κ1) is 12.3. The number of rotatable bonds is 5. The number of nitrogens with one attached hydrogen (secondary N) is 1. The minimum atomic E-state index is 0.527. The van der Waals surface area contributed by atoms with E-state index in [2.05, 4.69) is 15.4 Å². The normalized spacial score (nSPS) is 10.1. The van der Waals surface area contributed by atoms with Gasteiger partial charge in [0.05, 0.1) is 6.61 Å². The van der Waals surface area contributed by atoms with Crippen LogP contribution in [0.2, 0.25) is 0 Å². The van der Waals surface area contributed by atoms with E-state index in [-0.39, 0.29) is 0 Å². The van der Waals surface area contributed by atoms with Crippen molar-refractivity contribution >= 4 is 5.82 Å². The number of hydrogen-bond donors (Lipinski definition) is 2. The van der Waals surface area contributed by atoms with E-state index in [1.165, 1.54) is 0 Å². The Hall–Kier alpha value is -2.14. The fourth-order valence-electron chi connectivity index (χ4n) is 1.50. The molecule has 1 aromatic carbocycles. The van der Waals surface area contributed by atoms with E-state index in [9.17, 15) is 0 Å². The van der Waals surface area contributed by atoms with E-state index in [1.807, 2.05) is 37.3 Å². The number of nitrogens with zero attached hydrogens (tertiary/aromatic N) is 2. The Kier molecular flexibility index (Phi) is 4.09. The maximum Gasteiger partial charge on any atom is 0.219 e. The van der Waals surface area contributed by atoms with Gasteiger partial charge >= 0.3 is 0 Å². The maximum atomic E-state index is 5.51. The Bertz CT molecular complexity index is 502. The van der Waals surface area contributed by atoms with Crippen LogP contribution in [0.15, 0.2) is 36.4 Å². The monoisotopic (exact) mass is 244 g/mol. The predicted molar refractivity (Wildman–Crippen MR) is 71.1 cm³/mol. The highest BCUT2D eigenvalue weighted by atomic mass is 16.5. The van der Waals surface area contributed by atoms with Crippen LogP contribution in [-0.4, -0.2) is 16.6 Å². The van der Waals surface area contributed by atoms with Gasteiger partial charge in [-0.15, -0.1) is 0 Å². The molecule has 0 saturated carbocycles. The van der Waals surface area contributed by atoms with E-state index in [1.54, 1.807) is 6.07 Å². The molecule has 5 nitrogen and oxygen atoms in total. The highest BCUT2D eigenvalue weighted by Crippen LogP contribution is 2.20. The van der Waals surface area contributed by atoms with Gasteiger partial charge in [0.25, 0.3) is 0 Å². The average Bonchev–Trinajstić information content (AvgIpc) is 2.45. The predicted octanol–water partition coefficient (Wildman–Crippen LogP) is 2.22. The molecule has 0 radical (unpaired) electrons. The molecule has 0 fully saturated rings. The molecule has 0 spiro atoms. The molecular weight excluding hydrogens is 228 g/mol. The lowest BCUT2D eigenvalue weighted by Gasteiger charge is -2.08. The number of hydrazine groups is 1. The number of anilines is 1. The minimum Gasteiger partial charge on any atom is -0.478 e. The topological polar surface area (TPSA) is 73.1 Å². The van der Waals surface area contributed by atoms with E-state index < -0.39 is 0 Å². The lowest BCUT2D eigenvalue weighted by Crippen LogP contribution is -2.10. The Morgan fingerprint density at radius 2 is 2.00 bits per heavy atom. The summed E-state index contributed by atoms with van der Waals surface area (Å²) in [6.45, 7) is 2.66. The van der Waals surface area contributed by atoms with Crippen molar-refractivity contribution in [2.45, 2.75) is 13.3 Å². The van der Waals surface area contributed by atoms with Crippen molar-refractivity contribution in [1.29, 1.82) is 0 Å². The first-order valence-corrected chi connectivity index (χ1v) is 5.87. The molecule has 0 unspecified atom stereocenters. The summed E-state index contributed by atoms with van der Waals surface area (Å²) in [5, 5.41) is 0. The van der Waals surface area contributed by atoms with Crippen LogP contribution in [0.1, 0.15) is 13.3 Å². The Morgan fingerprint density at radius 3 is 2.67 bits per heavy atom. The molecule has 0 aliphatic rings. The molecule has 0 bridgehead atoms. The lowest BCUT2D eigenvalue weighted by molar-refractivity contribution is 0.305. The van der Waals surface area contributed by atoms with E-state index in [0.717, 1.165) is 12.0 Å². The molecule has 2 rings (SSSR count). The van der Waals surface area contributed by atoms with Crippen molar-refractivity contribution in [2.75, 3.05) is 12.0 Å². The fraction of sp³-hybridized carbons (Fsp3) is 0.231. The summed E-state index contributed by atoms with van der Waals surface area (Å²) in [6.07, 6.45) is 0.927. The second kappa shape index (κ2) is 5.97. The van der Waals surface area contributed by atoms with Crippen LogP contribution in [0.5, 0.6) is 5.88 Å². The van der Waals surface area contributed by atoms with Crippen LogP contribution in [0.3, 0.4) is 0 Å². The molecule has 3 N–H and O–H groups in total. The quantitative estimate of drug-likeness (QED) is 0.623. The van der Waals surface area contributed by atoms with Gasteiger partial charge in [0.15, 0.2) is 5.82 Å². The van der Waals surface area contributed by atoms with Crippen LogP contribution in [0, 0.1) is 0 Å². The van der Waals surface area contributed by atoms with Crippen molar-refractivity contribution in [3.8, 4) is 17.3 Å². The van der Waals surface area contributed by atoms with Crippen molar-refractivity contribution in [3.63, 3.8) is 0 Å². The molecule has 0 aliphatic heterocycles. The number of hydrogen-bond acceptors (Lipinski definition) is 5. The van der Waals surface area contributed by atoms with Gasteiger partial charge in [0.2, 0.25) is 5.88 Å². The summed E-state index contributed by atoms with van der Waals surface area (Å²) in [6, 6.07) is 11.4. The molecule has 18 heavy (non-hydrogen) atoms. The highest BCUT2D eigenvalue weighted by molar-refractivity contribution is 5.57. The molecule has 0 atom stereocenters. The number of ether oxygens (including phenoxy) is 1. The summed E-state index contributed by atoms with van der Waals surface area (Å²) in [5.41, 5.74) is 3.45. The van der Waals surface area contributed by atoms with Crippen molar-refractivity contribution in [2.24, 2.45) is 5.84 Å². The number of nitrogen functional groups attached to an aromatic ring is 1. The molecule has 1 aromatic heterocycles. The molecule has 0 amide bonds. The third-order valence-electron chi connectivity index (χ3n) is 2.34. The Labute approximate surface area is 106 Å². The van der Waals surface area contributed by atoms with Crippen LogP contribution in [0.25, 0.3) is 11.4 Å². The van der Waals surface area contributed by atoms with Gasteiger partial charge in [-0.05, 0) is 6.42 Å². The summed E-state index contributed by atoms with van der Waals surface area (Å²) in [5.74, 6) is 7.06. The zero-order valence-corrected chi connectivity index (χ0v) is 10.3. The largest absolute Gasteiger partial charge is 0.478 e. The van der Waals surface area contributed by atoms with Gasteiger partial charge in [-0.1, -0.05) is 37.3 Å². The van der Waals surface area contributed by atoms with Crippen molar-refractivity contribution in [1.82, 2.24) is 9.97 Å². The van der Waals surface area contributed by atoms with Crippen molar-refractivity contribution in [3.05, 3.63) is 36.4 Å². The van der Waals surface area contributed by atoms with Gasteiger partial charge in [-0.3, -0.25) is 0 Å².